The summed E-state index contributed by atoms with van der Waals surface area (Å²) in [6.45, 7) is 5.65. The summed E-state index contributed by atoms with van der Waals surface area (Å²) in [5.41, 5.74) is 3.28. The van der Waals surface area contributed by atoms with Crippen LogP contribution < -0.4 is 0 Å². The molecular formula is C15H19N3O. The summed E-state index contributed by atoms with van der Waals surface area (Å²) in [7, 11) is 0. The number of carbonyl (C=O) groups is 1. The number of fused-ring (bicyclic) bond motifs is 3. The molecule has 4 heteroatoms. The van der Waals surface area contributed by atoms with Gasteiger partial charge in [0.2, 0.25) is 5.91 Å². The van der Waals surface area contributed by atoms with Crippen molar-refractivity contribution < 1.29 is 4.79 Å². The molecule has 1 aliphatic rings. The second-order valence-corrected chi connectivity index (χ2v) is 5.60. The van der Waals surface area contributed by atoms with E-state index in [0.29, 0.717) is 18.9 Å². The third-order valence-corrected chi connectivity index (χ3v) is 3.61. The van der Waals surface area contributed by atoms with Crippen LogP contribution in [-0.4, -0.2) is 26.7 Å². The lowest BCUT2D eigenvalue weighted by Crippen LogP contribution is -2.36. The molecular weight excluding hydrogens is 238 g/mol. The van der Waals surface area contributed by atoms with Crippen molar-refractivity contribution in [1.82, 2.24) is 14.3 Å². The molecule has 2 aromatic heterocycles. The predicted octanol–water partition coefficient (Wildman–Crippen LogP) is 2.27. The zero-order valence-corrected chi connectivity index (χ0v) is 11.5. The molecule has 0 saturated carbocycles. The summed E-state index contributed by atoms with van der Waals surface area (Å²) in [6.07, 6.45) is 3.52. The molecule has 0 saturated heterocycles. The van der Waals surface area contributed by atoms with Gasteiger partial charge in [0.05, 0.1) is 17.9 Å². The highest BCUT2D eigenvalue weighted by atomic mass is 16.2. The smallest absolute Gasteiger partial charge is 0.223 e. The number of nitrogens with zero attached hydrogens (tertiary/aromatic N) is 3. The third kappa shape index (κ3) is 2.23. The lowest BCUT2D eigenvalue weighted by Gasteiger charge is -2.27. The Morgan fingerprint density at radius 2 is 2.26 bits per heavy atom. The number of hydrogen-bond acceptors (Lipinski definition) is 2. The summed E-state index contributed by atoms with van der Waals surface area (Å²) in [4.78, 5) is 18.8. The van der Waals surface area contributed by atoms with E-state index in [1.54, 1.807) is 0 Å². The second-order valence-electron chi connectivity index (χ2n) is 5.60. The average molecular weight is 257 g/mol. The summed E-state index contributed by atoms with van der Waals surface area (Å²) in [6, 6.07) is 6.01. The molecule has 0 N–H and O–H groups in total. The Morgan fingerprint density at radius 3 is 3.05 bits per heavy atom. The van der Waals surface area contributed by atoms with E-state index in [4.69, 9.17) is 0 Å². The Labute approximate surface area is 113 Å². The van der Waals surface area contributed by atoms with Gasteiger partial charge in [0.25, 0.3) is 0 Å². The number of imidazole rings is 1. The van der Waals surface area contributed by atoms with Gasteiger partial charge in [0, 0.05) is 25.6 Å². The normalized spacial score (nSPS) is 15.0. The summed E-state index contributed by atoms with van der Waals surface area (Å²) in [5, 5.41) is 0. The lowest BCUT2D eigenvalue weighted by molar-refractivity contribution is -0.132. The molecule has 0 radical (unpaired) electrons. The predicted molar refractivity (Wildman–Crippen MR) is 73.8 cm³/mol. The summed E-state index contributed by atoms with van der Waals surface area (Å²) >= 11 is 0. The van der Waals surface area contributed by atoms with Gasteiger partial charge in [-0.15, -0.1) is 0 Å². The molecule has 2 aromatic rings. The molecule has 0 spiro atoms. The van der Waals surface area contributed by atoms with Crippen LogP contribution in [0.4, 0.5) is 0 Å². The molecule has 19 heavy (non-hydrogen) atoms. The monoisotopic (exact) mass is 257 g/mol. The third-order valence-electron chi connectivity index (χ3n) is 3.61. The molecule has 0 unspecified atom stereocenters. The van der Waals surface area contributed by atoms with Gasteiger partial charge in [-0.3, -0.25) is 4.79 Å². The van der Waals surface area contributed by atoms with Crippen LogP contribution in [0.1, 0.15) is 31.7 Å². The summed E-state index contributed by atoms with van der Waals surface area (Å²) < 4.78 is 2.10. The fraction of sp³-hybridized carbons (Fsp3) is 0.467. The number of carbonyl (C=O) groups excluding carboxylic acids is 1. The van der Waals surface area contributed by atoms with Crippen molar-refractivity contribution in [3.63, 3.8) is 0 Å². The molecule has 0 aliphatic carbocycles. The van der Waals surface area contributed by atoms with Gasteiger partial charge in [0.15, 0.2) is 0 Å². The Kier molecular flexibility index (Phi) is 3.01. The fourth-order valence-corrected chi connectivity index (χ4v) is 2.65. The van der Waals surface area contributed by atoms with E-state index in [2.05, 4.69) is 23.2 Å². The van der Waals surface area contributed by atoms with Crippen molar-refractivity contribution in [3.8, 4) is 0 Å². The van der Waals surface area contributed by atoms with Gasteiger partial charge in [-0.25, -0.2) is 4.98 Å². The SMILES string of the molecule is CC(C)CC(=O)N1CCc2nc3ccccn3c2C1. The van der Waals surface area contributed by atoms with E-state index in [1.165, 1.54) is 5.69 Å². The van der Waals surface area contributed by atoms with Crippen LogP contribution in [0.2, 0.25) is 0 Å². The number of rotatable bonds is 2. The van der Waals surface area contributed by atoms with Crippen LogP contribution in [0.5, 0.6) is 0 Å². The van der Waals surface area contributed by atoms with Crippen molar-refractivity contribution in [2.24, 2.45) is 5.92 Å². The van der Waals surface area contributed by atoms with Crippen molar-refractivity contribution >= 4 is 11.6 Å². The Bertz CT molecular complexity index is 615. The average Bonchev–Trinajstić information content (AvgIpc) is 2.75. The molecule has 0 atom stereocenters. The first-order valence-corrected chi connectivity index (χ1v) is 6.88. The van der Waals surface area contributed by atoms with Crippen LogP contribution in [0.3, 0.4) is 0 Å². The number of hydrogen-bond donors (Lipinski definition) is 0. The first kappa shape index (κ1) is 12.2. The molecule has 0 aromatic carbocycles. The maximum Gasteiger partial charge on any atom is 0.223 e. The number of amides is 1. The highest BCUT2D eigenvalue weighted by molar-refractivity contribution is 5.76. The van der Waals surface area contributed by atoms with Gasteiger partial charge in [0.1, 0.15) is 5.65 Å². The molecule has 3 heterocycles. The van der Waals surface area contributed by atoms with Gasteiger partial charge in [-0.2, -0.15) is 0 Å². The zero-order chi connectivity index (χ0) is 13.4. The van der Waals surface area contributed by atoms with Gasteiger partial charge < -0.3 is 9.30 Å². The molecule has 3 rings (SSSR count). The molecule has 0 bridgehead atoms. The quantitative estimate of drug-likeness (QED) is 0.827. The van der Waals surface area contributed by atoms with Crippen LogP contribution in [0.25, 0.3) is 5.65 Å². The number of pyridine rings is 1. The van der Waals surface area contributed by atoms with Crippen molar-refractivity contribution in [1.29, 1.82) is 0 Å². The van der Waals surface area contributed by atoms with Crippen molar-refractivity contribution in [2.75, 3.05) is 6.54 Å². The van der Waals surface area contributed by atoms with Crippen LogP contribution >= 0.6 is 0 Å². The van der Waals surface area contributed by atoms with Gasteiger partial charge >= 0.3 is 0 Å². The van der Waals surface area contributed by atoms with E-state index >= 15 is 0 Å². The molecule has 1 amide bonds. The van der Waals surface area contributed by atoms with E-state index in [0.717, 1.165) is 24.3 Å². The van der Waals surface area contributed by atoms with Gasteiger partial charge in [-0.05, 0) is 18.1 Å². The highest BCUT2D eigenvalue weighted by Crippen LogP contribution is 2.21. The maximum absolute atomic E-state index is 12.2. The first-order valence-electron chi connectivity index (χ1n) is 6.88. The Hall–Kier alpha value is -1.84. The highest BCUT2D eigenvalue weighted by Gasteiger charge is 2.24. The summed E-state index contributed by atoms with van der Waals surface area (Å²) in [5.74, 6) is 0.669. The molecule has 4 nitrogen and oxygen atoms in total. The molecule has 100 valence electrons. The van der Waals surface area contributed by atoms with Crippen molar-refractivity contribution in [3.05, 3.63) is 35.8 Å². The maximum atomic E-state index is 12.2. The van der Waals surface area contributed by atoms with Crippen molar-refractivity contribution in [2.45, 2.75) is 33.2 Å². The fourth-order valence-electron chi connectivity index (χ4n) is 2.65. The molecule has 0 fully saturated rings. The number of aromatic nitrogens is 2. The van der Waals surface area contributed by atoms with Gasteiger partial charge in [-0.1, -0.05) is 19.9 Å². The lowest BCUT2D eigenvalue weighted by atomic mass is 10.1. The second kappa shape index (κ2) is 4.68. The van der Waals surface area contributed by atoms with E-state index < -0.39 is 0 Å². The van der Waals surface area contributed by atoms with Crippen LogP contribution in [0.15, 0.2) is 24.4 Å². The Balaban J connectivity index is 1.88. The zero-order valence-electron chi connectivity index (χ0n) is 11.5. The van der Waals surface area contributed by atoms with E-state index in [-0.39, 0.29) is 5.91 Å². The Morgan fingerprint density at radius 1 is 1.42 bits per heavy atom. The largest absolute Gasteiger partial charge is 0.336 e. The topological polar surface area (TPSA) is 37.6 Å². The van der Waals surface area contributed by atoms with E-state index in [1.807, 2.05) is 29.3 Å². The minimum atomic E-state index is 0.256. The van der Waals surface area contributed by atoms with Crippen LogP contribution in [-0.2, 0) is 17.8 Å². The van der Waals surface area contributed by atoms with Crippen LogP contribution in [0, 0.1) is 5.92 Å². The minimum Gasteiger partial charge on any atom is -0.336 e. The van der Waals surface area contributed by atoms with E-state index in [9.17, 15) is 4.79 Å². The molecule has 1 aliphatic heterocycles. The minimum absolute atomic E-state index is 0.256. The standard InChI is InChI=1S/C15H19N3O/c1-11(2)9-15(19)17-8-6-12-13(10-17)18-7-4-3-5-14(18)16-12/h3-5,7,11H,6,8-10H2,1-2H3. The first-order chi connectivity index (χ1) is 9.15.